The molecule has 0 aliphatic rings. The highest BCUT2D eigenvalue weighted by Crippen LogP contribution is 2.23. The van der Waals surface area contributed by atoms with Crippen LogP contribution in [0.15, 0.2) is 72.8 Å². The first-order valence-electron chi connectivity index (χ1n) is 11.0. The minimum atomic E-state index is -0.661. The zero-order valence-corrected chi connectivity index (χ0v) is 20.4. The zero-order valence-electron chi connectivity index (χ0n) is 18.9. The molecule has 4 nitrogen and oxygen atoms in total. The molecule has 3 aromatic carbocycles. The molecule has 33 heavy (non-hydrogen) atoms. The van der Waals surface area contributed by atoms with Gasteiger partial charge in [0, 0.05) is 29.6 Å². The molecule has 0 heterocycles. The number of nitrogens with zero attached hydrogens (tertiary/aromatic N) is 1. The maximum Gasteiger partial charge on any atom is 0.243 e. The second-order valence-corrected chi connectivity index (χ2v) is 8.87. The summed E-state index contributed by atoms with van der Waals surface area (Å²) in [5.41, 5.74) is 3.72. The molecule has 3 aromatic rings. The first kappa shape index (κ1) is 24.8. The van der Waals surface area contributed by atoms with Crippen LogP contribution in [0.1, 0.15) is 29.2 Å². The fourth-order valence-corrected chi connectivity index (χ4v) is 4.26. The number of aryl methyl sites for hydroxylation is 1. The molecule has 1 unspecified atom stereocenters. The summed E-state index contributed by atoms with van der Waals surface area (Å²) < 4.78 is 0. The average Bonchev–Trinajstić information content (AvgIpc) is 2.79. The Balaban J connectivity index is 1.97. The number of hydrogen-bond acceptors (Lipinski definition) is 2. The van der Waals surface area contributed by atoms with Gasteiger partial charge in [0.2, 0.25) is 11.8 Å². The summed E-state index contributed by atoms with van der Waals surface area (Å²) in [4.78, 5) is 28.5. The Hall–Kier alpha value is -2.82. The minimum Gasteiger partial charge on any atom is -0.355 e. The maximum absolute atomic E-state index is 13.6. The van der Waals surface area contributed by atoms with Crippen molar-refractivity contribution < 1.29 is 9.59 Å². The smallest absolute Gasteiger partial charge is 0.243 e. The fraction of sp³-hybridized carbons (Fsp3) is 0.259. The minimum absolute atomic E-state index is 0.0759. The number of nitrogens with one attached hydrogen (secondary N) is 1. The van der Waals surface area contributed by atoms with E-state index in [9.17, 15) is 9.59 Å². The molecule has 172 valence electrons. The number of carbonyl (C=O) groups is 2. The van der Waals surface area contributed by atoms with Crippen LogP contribution >= 0.6 is 23.2 Å². The Morgan fingerprint density at radius 1 is 0.939 bits per heavy atom. The van der Waals surface area contributed by atoms with Crippen molar-refractivity contribution in [3.8, 4) is 0 Å². The summed E-state index contributed by atoms with van der Waals surface area (Å²) >= 11 is 12.4. The molecule has 3 rings (SSSR count). The van der Waals surface area contributed by atoms with Gasteiger partial charge in [-0.2, -0.15) is 0 Å². The van der Waals surface area contributed by atoms with Gasteiger partial charge in [0.15, 0.2) is 0 Å². The molecule has 0 aromatic heterocycles. The standard InChI is InChI=1S/C27H28Cl2N2O2/c1-3-30-27(33)25(15-20-9-5-4-6-10-20)31(18-21-11-7-8-19(2)14-21)26(32)16-22-12-13-23(28)17-24(22)29/h4-14,17,25H,3,15-16,18H2,1-2H3,(H,30,33). The van der Waals surface area contributed by atoms with Gasteiger partial charge in [0.25, 0.3) is 0 Å². The highest BCUT2D eigenvalue weighted by Gasteiger charge is 2.30. The van der Waals surface area contributed by atoms with Crippen molar-refractivity contribution >= 4 is 35.0 Å². The Morgan fingerprint density at radius 2 is 1.67 bits per heavy atom. The SMILES string of the molecule is CCNC(=O)C(Cc1ccccc1)N(Cc1cccc(C)c1)C(=O)Cc1ccc(Cl)cc1Cl. The summed E-state index contributed by atoms with van der Waals surface area (Å²) in [6.45, 7) is 4.69. The van der Waals surface area contributed by atoms with Crippen LogP contribution in [-0.4, -0.2) is 29.3 Å². The third-order valence-electron chi connectivity index (χ3n) is 5.41. The summed E-state index contributed by atoms with van der Waals surface area (Å²) in [7, 11) is 0. The van der Waals surface area contributed by atoms with Gasteiger partial charge in [-0.15, -0.1) is 0 Å². The second-order valence-electron chi connectivity index (χ2n) is 8.02. The molecule has 2 amide bonds. The number of amides is 2. The topological polar surface area (TPSA) is 49.4 Å². The van der Waals surface area contributed by atoms with Crippen LogP contribution in [0.4, 0.5) is 0 Å². The summed E-state index contributed by atoms with van der Waals surface area (Å²) in [5.74, 6) is -0.350. The van der Waals surface area contributed by atoms with E-state index in [1.54, 1.807) is 23.1 Å². The molecule has 0 bridgehead atoms. The predicted molar refractivity (Wildman–Crippen MR) is 135 cm³/mol. The Bertz CT molecular complexity index is 1100. The summed E-state index contributed by atoms with van der Waals surface area (Å²) in [6.07, 6.45) is 0.491. The number of halogens is 2. The number of carbonyl (C=O) groups excluding carboxylic acids is 2. The van der Waals surface area contributed by atoms with Gasteiger partial charge in [-0.3, -0.25) is 9.59 Å². The first-order valence-corrected chi connectivity index (χ1v) is 11.7. The van der Waals surface area contributed by atoms with Crippen molar-refractivity contribution in [2.24, 2.45) is 0 Å². The van der Waals surface area contributed by atoms with Crippen molar-refractivity contribution in [1.82, 2.24) is 10.2 Å². The third-order valence-corrected chi connectivity index (χ3v) is 6.00. The van der Waals surface area contributed by atoms with Crippen molar-refractivity contribution in [2.75, 3.05) is 6.54 Å². The predicted octanol–water partition coefficient (Wildman–Crippen LogP) is 5.62. The van der Waals surface area contributed by atoms with Crippen LogP contribution in [0.3, 0.4) is 0 Å². The average molecular weight is 483 g/mol. The van der Waals surface area contributed by atoms with Gasteiger partial charge < -0.3 is 10.2 Å². The van der Waals surface area contributed by atoms with Crippen LogP contribution < -0.4 is 5.32 Å². The van der Waals surface area contributed by atoms with Gasteiger partial charge in [-0.1, -0.05) is 89.4 Å². The van der Waals surface area contributed by atoms with E-state index in [-0.39, 0.29) is 18.2 Å². The van der Waals surface area contributed by atoms with Crippen LogP contribution in [0.25, 0.3) is 0 Å². The van der Waals surface area contributed by atoms with Crippen LogP contribution in [0.5, 0.6) is 0 Å². The van der Waals surface area contributed by atoms with Gasteiger partial charge in [-0.25, -0.2) is 0 Å². The van der Waals surface area contributed by atoms with Crippen LogP contribution in [-0.2, 0) is 29.0 Å². The summed E-state index contributed by atoms with van der Waals surface area (Å²) in [5, 5.41) is 3.85. The van der Waals surface area contributed by atoms with Gasteiger partial charge in [0.1, 0.15) is 6.04 Å². The lowest BCUT2D eigenvalue weighted by Crippen LogP contribution is -2.51. The maximum atomic E-state index is 13.6. The number of hydrogen-bond donors (Lipinski definition) is 1. The lowest BCUT2D eigenvalue weighted by atomic mass is 10.0. The van der Waals surface area contributed by atoms with E-state index < -0.39 is 6.04 Å². The van der Waals surface area contributed by atoms with Gasteiger partial charge in [-0.05, 0) is 42.7 Å². The Kier molecular flexibility index (Phi) is 8.93. The Morgan fingerprint density at radius 3 is 2.33 bits per heavy atom. The van der Waals surface area contributed by atoms with Crippen LogP contribution in [0.2, 0.25) is 10.0 Å². The normalized spacial score (nSPS) is 11.6. The molecule has 0 saturated carbocycles. The fourth-order valence-electron chi connectivity index (χ4n) is 3.78. The molecular weight excluding hydrogens is 455 g/mol. The zero-order chi connectivity index (χ0) is 23.8. The molecule has 0 saturated heterocycles. The van der Waals surface area contributed by atoms with Gasteiger partial charge in [0.05, 0.1) is 6.42 Å². The van der Waals surface area contributed by atoms with Gasteiger partial charge >= 0.3 is 0 Å². The quantitative estimate of drug-likeness (QED) is 0.430. The van der Waals surface area contributed by atoms with Crippen LogP contribution in [0, 0.1) is 6.92 Å². The van der Waals surface area contributed by atoms with E-state index in [0.717, 1.165) is 16.7 Å². The summed E-state index contributed by atoms with van der Waals surface area (Å²) in [6, 6.07) is 22.2. The van der Waals surface area contributed by atoms with E-state index in [1.165, 1.54) is 0 Å². The molecule has 1 N–H and O–H groups in total. The van der Waals surface area contributed by atoms with E-state index in [2.05, 4.69) is 5.32 Å². The van der Waals surface area contributed by atoms with Crippen molar-refractivity contribution in [3.63, 3.8) is 0 Å². The Labute approximate surface area is 205 Å². The van der Waals surface area contributed by atoms with Crippen molar-refractivity contribution in [3.05, 3.63) is 105 Å². The van der Waals surface area contributed by atoms with E-state index >= 15 is 0 Å². The van der Waals surface area contributed by atoms with Crippen molar-refractivity contribution in [2.45, 2.75) is 39.3 Å². The lowest BCUT2D eigenvalue weighted by Gasteiger charge is -2.32. The number of likely N-dealkylation sites (N-methyl/N-ethyl adjacent to an activating group) is 1. The molecule has 0 spiro atoms. The molecule has 0 radical (unpaired) electrons. The van der Waals surface area contributed by atoms with Crippen molar-refractivity contribution in [1.29, 1.82) is 0 Å². The van der Waals surface area contributed by atoms with E-state index in [0.29, 0.717) is 35.1 Å². The van der Waals surface area contributed by atoms with E-state index in [4.69, 9.17) is 23.2 Å². The first-order chi connectivity index (χ1) is 15.9. The number of rotatable bonds is 9. The second kappa shape index (κ2) is 11.9. The largest absolute Gasteiger partial charge is 0.355 e. The molecule has 0 fully saturated rings. The molecule has 0 aliphatic carbocycles. The number of benzene rings is 3. The molecule has 0 aliphatic heterocycles. The molecule has 6 heteroatoms. The highest BCUT2D eigenvalue weighted by atomic mass is 35.5. The third kappa shape index (κ3) is 7.08. The molecule has 1 atom stereocenters. The lowest BCUT2D eigenvalue weighted by molar-refractivity contribution is -0.140. The highest BCUT2D eigenvalue weighted by molar-refractivity contribution is 6.35. The van der Waals surface area contributed by atoms with E-state index in [1.807, 2.05) is 68.4 Å². The molecular formula is C27H28Cl2N2O2. The monoisotopic (exact) mass is 482 g/mol.